The van der Waals surface area contributed by atoms with Crippen molar-refractivity contribution in [1.82, 2.24) is 0 Å². The molecule has 0 spiro atoms. The second kappa shape index (κ2) is 12.5. The third-order valence-corrected chi connectivity index (χ3v) is 8.41. The van der Waals surface area contributed by atoms with E-state index in [9.17, 15) is 57.1 Å². The molecule has 0 amide bonds. The van der Waals surface area contributed by atoms with Crippen molar-refractivity contribution < 1.29 is 102 Å². The Hall–Kier alpha value is -5.97. The van der Waals surface area contributed by atoms with Gasteiger partial charge >= 0.3 is 7.12 Å². The molecular formula is C32BF21O2. The smallest absolute Gasteiger partial charge is 0.519 e. The van der Waals surface area contributed by atoms with Crippen molar-refractivity contribution in [3.05, 3.63) is 122 Å². The standard InChI is InChI=1S/C32BF21O2/c34-10-3-7(17(41)24(48)23(10)47)16(40)22(46)20(44)9(3)33(56-32-29(53)26(50)25(49)27(51)30(32)54)55-31-8-2-1-4(11(35)12(36)6(2)18(42)28(31)52)14(38)21(45)15(39)5(1)13(37)19(8)43. The predicted molar refractivity (Wildman–Crippen MR) is 146 cm³/mol. The van der Waals surface area contributed by atoms with E-state index in [0.29, 0.717) is 0 Å². The predicted octanol–water partition coefficient (Wildman–Crippen LogP) is 10.5. The zero-order valence-corrected chi connectivity index (χ0v) is 25.3. The van der Waals surface area contributed by atoms with E-state index in [-0.39, 0.29) is 0 Å². The maximum atomic E-state index is 15.9. The largest absolute Gasteiger partial charge is 0.636 e. The van der Waals surface area contributed by atoms with Crippen molar-refractivity contribution >= 4 is 55.7 Å². The Balaban J connectivity index is 1.69. The number of hydrogen-bond donors (Lipinski definition) is 0. The quantitative estimate of drug-likeness (QED) is 0.0566. The summed E-state index contributed by atoms with van der Waals surface area (Å²) in [5.74, 6) is -67.5. The molecule has 0 bridgehead atoms. The fourth-order valence-corrected chi connectivity index (χ4v) is 6.00. The minimum atomic E-state index is -4.19. The monoisotopic (exact) mass is 826 g/mol. The average molecular weight is 826 g/mol. The summed E-state index contributed by atoms with van der Waals surface area (Å²) in [6, 6.07) is 0. The minimum absolute atomic E-state index is 1.89. The van der Waals surface area contributed by atoms with Gasteiger partial charge in [-0.3, -0.25) is 0 Å². The molecule has 0 radical (unpaired) electrons. The van der Waals surface area contributed by atoms with E-state index in [1.54, 1.807) is 0 Å². The highest BCUT2D eigenvalue weighted by atomic mass is 19.2. The molecule has 7 rings (SSSR count). The lowest BCUT2D eigenvalue weighted by molar-refractivity contribution is 0.331. The van der Waals surface area contributed by atoms with Gasteiger partial charge in [0.1, 0.15) is 0 Å². The summed E-state index contributed by atoms with van der Waals surface area (Å²) >= 11 is 0. The van der Waals surface area contributed by atoms with Gasteiger partial charge in [0.05, 0.1) is 32.4 Å². The summed E-state index contributed by atoms with van der Waals surface area (Å²) < 4.78 is 322. The van der Waals surface area contributed by atoms with Crippen LogP contribution in [0, 0.1) is 122 Å². The molecule has 0 aliphatic rings. The fraction of sp³-hybridized carbons (Fsp3) is 0. The molecule has 56 heavy (non-hydrogen) atoms. The Labute approximate surface area is 291 Å². The number of halogens is 21. The van der Waals surface area contributed by atoms with Crippen LogP contribution >= 0.6 is 0 Å². The normalized spacial score (nSPS) is 12.0. The Morgan fingerprint density at radius 3 is 0.875 bits per heavy atom. The van der Waals surface area contributed by atoms with Crippen LogP contribution in [0.25, 0.3) is 43.1 Å². The maximum absolute atomic E-state index is 15.9. The van der Waals surface area contributed by atoms with Gasteiger partial charge in [-0.15, -0.1) is 0 Å². The van der Waals surface area contributed by atoms with Gasteiger partial charge < -0.3 is 9.31 Å². The molecule has 0 aliphatic carbocycles. The molecule has 0 saturated carbocycles. The highest BCUT2D eigenvalue weighted by molar-refractivity contribution is 6.66. The summed E-state index contributed by atoms with van der Waals surface area (Å²) in [5.41, 5.74) is -2.65. The topological polar surface area (TPSA) is 18.5 Å². The van der Waals surface area contributed by atoms with Crippen LogP contribution in [0.4, 0.5) is 92.2 Å². The highest BCUT2D eigenvalue weighted by Gasteiger charge is 2.44. The number of hydrogen-bond acceptors (Lipinski definition) is 2. The van der Waals surface area contributed by atoms with E-state index in [2.05, 4.69) is 9.31 Å². The molecule has 0 N–H and O–H groups in total. The van der Waals surface area contributed by atoms with Gasteiger partial charge in [-0.2, -0.15) is 13.2 Å². The molecule has 0 fully saturated rings. The van der Waals surface area contributed by atoms with Crippen LogP contribution in [0.3, 0.4) is 0 Å². The average Bonchev–Trinajstić information content (AvgIpc) is 3.16. The fourth-order valence-electron chi connectivity index (χ4n) is 6.00. The van der Waals surface area contributed by atoms with E-state index in [1.807, 2.05) is 0 Å². The van der Waals surface area contributed by atoms with Gasteiger partial charge in [-0.05, 0) is 0 Å². The van der Waals surface area contributed by atoms with Crippen molar-refractivity contribution in [1.29, 1.82) is 0 Å². The number of fused-ring (bicyclic) bond motifs is 1. The molecule has 0 aromatic heterocycles. The van der Waals surface area contributed by atoms with Crippen LogP contribution in [-0.2, 0) is 0 Å². The Kier molecular flexibility index (Phi) is 8.57. The van der Waals surface area contributed by atoms with Crippen molar-refractivity contribution in [2.45, 2.75) is 0 Å². The lowest BCUT2D eigenvalue weighted by Gasteiger charge is -2.24. The molecule has 0 aliphatic heterocycles. The molecule has 290 valence electrons. The van der Waals surface area contributed by atoms with Crippen molar-refractivity contribution in [3.8, 4) is 11.5 Å². The summed E-state index contributed by atoms with van der Waals surface area (Å²) in [6.45, 7) is 0. The first-order valence-corrected chi connectivity index (χ1v) is 14.1. The molecule has 0 saturated heterocycles. The van der Waals surface area contributed by atoms with Gasteiger partial charge in [0.15, 0.2) is 105 Å². The maximum Gasteiger partial charge on any atom is 0.636 e. The van der Waals surface area contributed by atoms with Gasteiger partial charge in [0.25, 0.3) is 0 Å². The molecule has 0 heterocycles. The van der Waals surface area contributed by atoms with Crippen molar-refractivity contribution in [2.75, 3.05) is 0 Å². The van der Waals surface area contributed by atoms with Crippen molar-refractivity contribution in [3.63, 3.8) is 0 Å². The van der Waals surface area contributed by atoms with Crippen LogP contribution in [0.2, 0.25) is 0 Å². The van der Waals surface area contributed by atoms with Gasteiger partial charge in [0, 0.05) is 16.2 Å². The van der Waals surface area contributed by atoms with Crippen LogP contribution in [0.1, 0.15) is 0 Å². The molecule has 7 aromatic rings. The molecular weight excluding hydrogens is 826 g/mol. The Morgan fingerprint density at radius 2 is 0.429 bits per heavy atom. The van der Waals surface area contributed by atoms with E-state index in [0.717, 1.165) is 0 Å². The van der Waals surface area contributed by atoms with Crippen LogP contribution in [0.5, 0.6) is 11.5 Å². The van der Waals surface area contributed by atoms with Gasteiger partial charge in [0.2, 0.25) is 29.1 Å². The first kappa shape index (κ1) is 38.3. The van der Waals surface area contributed by atoms with E-state index in [4.69, 9.17) is 0 Å². The van der Waals surface area contributed by atoms with Crippen LogP contribution in [-0.4, -0.2) is 7.12 Å². The summed E-state index contributed by atoms with van der Waals surface area (Å²) in [7, 11) is -4.19. The molecule has 0 unspecified atom stereocenters. The molecule has 0 atom stereocenters. The van der Waals surface area contributed by atoms with E-state index in [1.165, 1.54) is 0 Å². The van der Waals surface area contributed by atoms with Crippen LogP contribution < -0.4 is 14.8 Å². The molecule has 24 heteroatoms. The number of rotatable bonds is 5. The zero-order chi connectivity index (χ0) is 41.5. The first-order chi connectivity index (χ1) is 26.1. The lowest BCUT2D eigenvalue weighted by Crippen LogP contribution is -2.47. The van der Waals surface area contributed by atoms with E-state index >= 15 is 35.1 Å². The minimum Gasteiger partial charge on any atom is -0.519 e. The van der Waals surface area contributed by atoms with E-state index < -0.39 is 189 Å². The third-order valence-electron chi connectivity index (χ3n) is 8.41. The highest BCUT2D eigenvalue weighted by Crippen LogP contribution is 2.48. The second-order valence-corrected chi connectivity index (χ2v) is 11.2. The zero-order valence-electron chi connectivity index (χ0n) is 25.3. The number of benzene rings is 7. The van der Waals surface area contributed by atoms with Crippen molar-refractivity contribution in [2.24, 2.45) is 0 Å². The molecule has 7 aromatic carbocycles. The Bertz CT molecular complexity index is 2890. The van der Waals surface area contributed by atoms with Gasteiger partial charge in [-0.25, -0.2) is 79.0 Å². The molecule has 2 nitrogen and oxygen atoms in total. The summed E-state index contributed by atoms with van der Waals surface area (Å²) in [5, 5.41) is -17.7. The third kappa shape index (κ3) is 4.72. The Morgan fingerprint density at radius 1 is 0.196 bits per heavy atom. The SMILES string of the molecule is Fc1c(F)c(F)c(OB(Oc2c(F)c(F)c3c(F)c(F)c4c(F)c(F)c(F)c5c(F)c(F)c2c3c45)c2c(F)c(F)c(F)c3c(F)c(F)c(F)c(F)c23)c(F)c1F. The summed E-state index contributed by atoms with van der Waals surface area (Å²) in [6.07, 6.45) is 0. The second-order valence-electron chi connectivity index (χ2n) is 11.2. The first-order valence-electron chi connectivity index (χ1n) is 14.1. The summed E-state index contributed by atoms with van der Waals surface area (Å²) in [4.78, 5) is 0. The van der Waals surface area contributed by atoms with Crippen LogP contribution in [0.15, 0.2) is 0 Å². The van der Waals surface area contributed by atoms with Gasteiger partial charge in [-0.1, -0.05) is 0 Å². The lowest BCUT2D eigenvalue weighted by atomic mass is 9.74.